The molecule has 1 saturated heterocycles. The molecule has 0 aromatic heterocycles. The van der Waals surface area contributed by atoms with E-state index in [-0.39, 0.29) is 18.4 Å². The SMILES string of the molecule is O=C(OCCCl)N1CCN(C(=O)c2ccc(Cl)c(Cl)c2)CC1. The first-order valence-electron chi connectivity index (χ1n) is 6.75. The second kappa shape index (κ2) is 7.90. The molecule has 0 aliphatic carbocycles. The summed E-state index contributed by atoms with van der Waals surface area (Å²) >= 11 is 17.2. The molecule has 0 atom stereocenters. The molecule has 0 unspecified atom stereocenters. The van der Waals surface area contributed by atoms with Crippen LogP contribution in [0.5, 0.6) is 0 Å². The molecule has 120 valence electrons. The minimum absolute atomic E-state index is 0.132. The van der Waals surface area contributed by atoms with E-state index >= 15 is 0 Å². The Morgan fingerprint density at radius 2 is 1.68 bits per heavy atom. The van der Waals surface area contributed by atoms with Crippen molar-refractivity contribution in [2.45, 2.75) is 0 Å². The van der Waals surface area contributed by atoms with Gasteiger partial charge in [0.25, 0.3) is 5.91 Å². The number of nitrogens with zero attached hydrogens (tertiary/aromatic N) is 2. The molecule has 1 aromatic carbocycles. The van der Waals surface area contributed by atoms with Crippen molar-refractivity contribution in [1.82, 2.24) is 9.80 Å². The second-order valence-corrected chi connectivity index (χ2v) is 5.90. The normalized spacial score (nSPS) is 14.9. The van der Waals surface area contributed by atoms with Gasteiger partial charge in [-0.2, -0.15) is 0 Å². The molecule has 22 heavy (non-hydrogen) atoms. The number of halogens is 3. The summed E-state index contributed by atoms with van der Waals surface area (Å²) in [6, 6.07) is 4.78. The van der Waals surface area contributed by atoms with Gasteiger partial charge in [-0.25, -0.2) is 4.79 Å². The summed E-state index contributed by atoms with van der Waals surface area (Å²) in [6.07, 6.45) is -0.401. The highest BCUT2D eigenvalue weighted by molar-refractivity contribution is 6.42. The molecule has 0 spiro atoms. The molecule has 1 heterocycles. The zero-order valence-corrected chi connectivity index (χ0v) is 14.0. The third kappa shape index (κ3) is 4.18. The monoisotopic (exact) mass is 364 g/mol. The van der Waals surface area contributed by atoms with Crippen LogP contribution in [-0.2, 0) is 4.74 Å². The van der Waals surface area contributed by atoms with Gasteiger partial charge < -0.3 is 14.5 Å². The van der Waals surface area contributed by atoms with E-state index in [0.29, 0.717) is 41.8 Å². The Bertz CT molecular complexity index is 560. The lowest BCUT2D eigenvalue weighted by Crippen LogP contribution is -2.50. The molecule has 8 heteroatoms. The molecular formula is C14H15Cl3N2O3. The summed E-state index contributed by atoms with van der Waals surface area (Å²) < 4.78 is 4.96. The summed E-state index contributed by atoms with van der Waals surface area (Å²) in [6.45, 7) is 1.91. The van der Waals surface area contributed by atoms with E-state index in [2.05, 4.69) is 0 Å². The van der Waals surface area contributed by atoms with Gasteiger partial charge in [-0.3, -0.25) is 4.79 Å². The molecule has 1 aliphatic rings. The van der Waals surface area contributed by atoms with Gasteiger partial charge in [-0.15, -0.1) is 11.6 Å². The molecular weight excluding hydrogens is 351 g/mol. The molecule has 1 fully saturated rings. The van der Waals surface area contributed by atoms with E-state index in [1.807, 2.05) is 0 Å². The quantitative estimate of drug-likeness (QED) is 0.773. The van der Waals surface area contributed by atoms with E-state index in [4.69, 9.17) is 39.5 Å². The van der Waals surface area contributed by atoms with Crippen LogP contribution in [0.25, 0.3) is 0 Å². The maximum Gasteiger partial charge on any atom is 0.409 e. The van der Waals surface area contributed by atoms with Crippen molar-refractivity contribution in [2.24, 2.45) is 0 Å². The fraction of sp³-hybridized carbons (Fsp3) is 0.429. The second-order valence-electron chi connectivity index (χ2n) is 4.71. The van der Waals surface area contributed by atoms with Gasteiger partial charge in [0.05, 0.1) is 15.9 Å². The third-order valence-corrected chi connectivity index (χ3v) is 4.19. The number of hydrogen-bond acceptors (Lipinski definition) is 3. The van der Waals surface area contributed by atoms with Crippen LogP contribution in [-0.4, -0.2) is 60.5 Å². The van der Waals surface area contributed by atoms with Crippen LogP contribution in [0.2, 0.25) is 10.0 Å². The van der Waals surface area contributed by atoms with Crippen molar-refractivity contribution in [3.8, 4) is 0 Å². The maximum atomic E-state index is 12.4. The summed E-state index contributed by atoms with van der Waals surface area (Å²) in [5, 5.41) is 0.751. The zero-order chi connectivity index (χ0) is 16.1. The number of carbonyl (C=O) groups is 2. The number of benzene rings is 1. The van der Waals surface area contributed by atoms with Gasteiger partial charge in [0.1, 0.15) is 6.61 Å². The molecule has 2 amide bonds. The predicted molar refractivity (Wildman–Crippen MR) is 86.0 cm³/mol. The van der Waals surface area contributed by atoms with Gasteiger partial charge in [0.15, 0.2) is 0 Å². The van der Waals surface area contributed by atoms with E-state index in [1.165, 1.54) is 0 Å². The Morgan fingerprint density at radius 3 is 2.27 bits per heavy atom. The fourth-order valence-corrected chi connectivity index (χ4v) is 2.50. The van der Waals surface area contributed by atoms with E-state index in [9.17, 15) is 9.59 Å². The first-order valence-corrected chi connectivity index (χ1v) is 8.04. The minimum atomic E-state index is -0.401. The predicted octanol–water partition coefficient (Wildman–Crippen LogP) is 3.13. The highest BCUT2D eigenvalue weighted by Crippen LogP contribution is 2.23. The topological polar surface area (TPSA) is 49.9 Å². The summed E-state index contributed by atoms with van der Waals surface area (Å²) in [5.41, 5.74) is 0.479. The number of alkyl halides is 1. The molecule has 5 nitrogen and oxygen atoms in total. The van der Waals surface area contributed by atoms with Gasteiger partial charge in [0, 0.05) is 31.7 Å². The Balaban J connectivity index is 1.92. The first-order chi connectivity index (χ1) is 10.5. The number of piperazine rings is 1. The van der Waals surface area contributed by atoms with Gasteiger partial charge in [0.2, 0.25) is 0 Å². The van der Waals surface area contributed by atoms with E-state index in [1.54, 1.807) is 28.0 Å². The van der Waals surface area contributed by atoms with Crippen molar-refractivity contribution in [3.05, 3.63) is 33.8 Å². The van der Waals surface area contributed by atoms with Crippen LogP contribution >= 0.6 is 34.8 Å². The molecule has 0 bridgehead atoms. The average molecular weight is 366 g/mol. The van der Waals surface area contributed by atoms with Crippen molar-refractivity contribution in [2.75, 3.05) is 38.7 Å². The highest BCUT2D eigenvalue weighted by Gasteiger charge is 2.25. The minimum Gasteiger partial charge on any atom is -0.448 e. The van der Waals surface area contributed by atoms with Crippen LogP contribution in [0.15, 0.2) is 18.2 Å². The number of rotatable bonds is 3. The smallest absolute Gasteiger partial charge is 0.409 e. The standard InChI is InChI=1S/C14H15Cl3N2O3/c15-3-8-22-14(21)19-6-4-18(5-7-19)13(20)10-1-2-11(16)12(17)9-10/h1-2,9H,3-8H2. The molecule has 1 aliphatic heterocycles. The molecule has 0 radical (unpaired) electrons. The molecule has 0 saturated carbocycles. The van der Waals surface area contributed by atoms with Crippen molar-refractivity contribution in [1.29, 1.82) is 0 Å². The number of carbonyl (C=O) groups excluding carboxylic acids is 2. The van der Waals surface area contributed by atoms with Gasteiger partial charge in [-0.1, -0.05) is 23.2 Å². The largest absolute Gasteiger partial charge is 0.448 e. The van der Waals surface area contributed by atoms with Crippen molar-refractivity contribution < 1.29 is 14.3 Å². The van der Waals surface area contributed by atoms with Crippen LogP contribution < -0.4 is 0 Å². The van der Waals surface area contributed by atoms with Crippen LogP contribution in [0.3, 0.4) is 0 Å². The van der Waals surface area contributed by atoms with Crippen LogP contribution in [0.1, 0.15) is 10.4 Å². The molecule has 0 N–H and O–H groups in total. The van der Waals surface area contributed by atoms with Crippen LogP contribution in [0.4, 0.5) is 4.79 Å². The number of amides is 2. The Kier molecular flexibility index (Phi) is 6.17. The Hall–Kier alpha value is -1.17. The van der Waals surface area contributed by atoms with Crippen LogP contribution in [0, 0.1) is 0 Å². The molecule has 1 aromatic rings. The summed E-state index contributed by atoms with van der Waals surface area (Å²) in [7, 11) is 0. The fourth-order valence-electron chi connectivity index (χ4n) is 2.12. The zero-order valence-electron chi connectivity index (χ0n) is 11.7. The van der Waals surface area contributed by atoms with Crippen molar-refractivity contribution >= 4 is 46.8 Å². The average Bonchev–Trinajstić information content (AvgIpc) is 2.54. The number of hydrogen-bond donors (Lipinski definition) is 0. The Labute approximate surface area is 143 Å². The summed E-state index contributed by atoms with van der Waals surface area (Å²) in [4.78, 5) is 27.3. The highest BCUT2D eigenvalue weighted by atomic mass is 35.5. The Morgan fingerprint density at radius 1 is 1.05 bits per heavy atom. The van der Waals surface area contributed by atoms with Gasteiger partial charge >= 0.3 is 6.09 Å². The van der Waals surface area contributed by atoms with Gasteiger partial charge in [-0.05, 0) is 18.2 Å². The lowest BCUT2D eigenvalue weighted by Gasteiger charge is -2.34. The third-order valence-electron chi connectivity index (χ3n) is 3.29. The summed E-state index contributed by atoms with van der Waals surface area (Å²) in [5.74, 6) is 0.133. The van der Waals surface area contributed by atoms with E-state index in [0.717, 1.165) is 0 Å². The lowest BCUT2D eigenvalue weighted by atomic mass is 10.2. The van der Waals surface area contributed by atoms with Crippen molar-refractivity contribution in [3.63, 3.8) is 0 Å². The number of ether oxygens (including phenoxy) is 1. The lowest BCUT2D eigenvalue weighted by molar-refractivity contribution is 0.0572. The first kappa shape index (κ1) is 17.2. The molecule has 2 rings (SSSR count). The maximum absolute atomic E-state index is 12.4. The van der Waals surface area contributed by atoms with E-state index < -0.39 is 6.09 Å².